The highest BCUT2D eigenvalue weighted by molar-refractivity contribution is 5.47. The van der Waals surface area contributed by atoms with E-state index in [1.54, 1.807) is 7.11 Å². The smallest absolute Gasteiger partial charge is 0.133 e. The zero-order valence-electron chi connectivity index (χ0n) is 12.1. The van der Waals surface area contributed by atoms with E-state index in [-0.39, 0.29) is 0 Å². The van der Waals surface area contributed by atoms with E-state index in [2.05, 4.69) is 34.8 Å². The van der Waals surface area contributed by atoms with Gasteiger partial charge >= 0.3 is 0 Å². The maximum atomic E-state index is 5.16. The molecule has 0 bridgehead atoms. The van der Waals surface area contributed by atoms with Crippen molar-refractivity contribution in [3.8, 4) is 0 Å². The quantitative estimate of drug-likeness (QED) is 0.519. The Morgan fingerprint density at radius 1 is 1.53 bits per heavy atom. The summed E-state index contributed by atoms with van der Waals surface area (Å²) >= 11 is 0. The Morgan fingerprint density at radius 3 is 3.05 bits per heavy atom. The van der Waals surface area contributed by atoms with E-state index >= 15 is 0 Å². The van der Waals surface area contributed by atoms with Crippen molar-refractivity contribution in [1.82, 2.24) is 10.3 Å². The Labute approximate surface area is 116 Å². The summed E-state index contributed by atoms with van der Waals surface area (Å²) in [6, 6.07) is 4.10. The second kappa shape index (κ2) is 9.53. The number of hydrogen-bond acceptors (Lipinski definition) is 4. The third-order valence-electron chi connectivity index (χ3n) is 2.82. The number of methoxy groups -OCH3 is 1. The molecule has 0 aliphatic heterocycles. The third kappa shape index (κ3) is 5.41. The number of pyridine rings is 1. The summed E-state index contributed by atoms with van der Waals surface area (Å²) < 4.78 is 5.16. The highest BCUT2D eigenvalue weighted by atomic mass is 16.5. The maximum Gasteiger partial charge on any atom is 0.133 e. The Hall–Kier alpha value is -1.39. The SMILES string of the molecule is C=CCN(CCOC)c1ncccc1CNCCC. The first-order chi connectivity index (χ1) is 9.33. The topological polar surface area (TPSA) is 37.4 Å². The number of hydrogen-bond donors (Lipinski definition) is 1. The summed E-state index contributed by atoms with van der Waals surface area (Å²) in [5, 5.41) is 3.42. The highest BCUT2D eigenvalue weighted by Crippen LogP contribution is 2.16. The molecule has 4 nitrogen and oxygen atoms in total. The van der Waals surface area contributed by atoms with Crippen LogP contribution in [0, 0.1) is 0 Å². The molecule has 0 amide bonds. The molecule has 1 rings (SSSR count). The number of anilines is 1. The van der Waals surface area contributed by atoms with Crippen LogP contribution in [0.5, 0.6) is 0 Å². The minimum atomic E-state index is 0.687. The van der Waals surface area contributed by atoms with E-state index in [1.165, 1.54) is 5.56 Å². The summed E-state index contributed by atoms with van der Waals surface area (Å²) in [6.45, 7) is 10.1. The van der Waals surface area contributed by atoms with Crippen LogP contribution in [0.15, 0.2) is 31.0 Å². The second-order valence-electron chi connectivity index (χ2n) is 4.39. The van der Waals surface area contributed by atoms with Crippen molar-refractivity contribution < 1.29 is 4.74 Å². The molecular formula is C15H25N3O. The molecule has 0 spiro atoms. The summed E-state index contributed by atoms with van der Waals surface area (Å²) in [5.41, 5.74) is 1.22. The monoisotopic (exact) mass is 263 g/mol. The maximum absolute atomic E-state index is 5.16. The van der Waals surface area contributed by atoms with Crippen LogP contribution in [0.3, 0.4) is 0 Å². The fourth-order valence-electron chi connectivity index (χ4n) is 1.89. The minimum absolute atomic E-state index is 0.687. The van der Waals surface area contributed by atoms with Gasteiger partial charge < -0.3 is 15.0 Å². The van der Waals surface area contributed by atoms with E-state index in [0.717, 1.165) is 38.4 Å². The molecular weight excluding hydrogens is 238 g/mol. The molecule has 1 aromatic heterocycles. The average Bonchev–Trinajstić information content (AvgIpc) is 2.44. The van der Waals surface area contributed by atoms with Gasteiger partial charge in [-0.1, -0.05) is 19.1 Å². The van der Waals surface area contributed by atoms with Crippen LogP contribution in [0.4, 0.5) is 5.82 Å². The Bertz CT molecular complexity index is 368. The molecule has 1 N–H and O–H groups in total. The summed E-state index contributed by atoms with van der Waals surface area (Å²) in [4.78, 5) is 6.71. The fraction of sp³-hybridized carbons (Fsp3) is 0.533. The van der Waals surface area contributed by atoms with Crippen molar-refractivity contribution in [2.24, 2.45) is 0 Å². The Kier molecular flexibility index (Phi) is 7.86. The van der Waals surface area contributed by atoms with Gasteiger partial charge in [-0.2, -0.15) is 0 Å². The highest BCUT2D eigenvalue weighted by Gasteiger charge is 2.10. The lowest BCUT2D eigenvalue weighted by Gasteiger charge is -2.24. The first kappa shape index (κ1) is 15.7. The van der Waals surface area contributed by atoms with Gasteiger partial charge in [0.25, 0.3) is 0 Å². The van der Waals surface area contributed by atoms with Crippen LogP contribution in [0.2, 0.25) is 0 Å². The van der Waals surface area contributed by atoms with E-state index in [9.17, 15) is 0 Å². The van der Waals surface area contributed by atoms with E-state index < -0.39 is 0 Å². The molecule has 19 heavy (non-hydrogen) atoms. The number of aromatic nitrogens is 1. The van der Waals surface area contributed by atoms with Gasteiger partial charge in [-0.3, -0.25) is 0 Å². The third-order valence-corrected chi connectivity index (χ3v) is 2.82. The van der Waals surface area contributed by atoms with E-state index in [0.29, 0.717) is 6.61 Å². The van der Waals surface area contributed by atoms with Gasteiger partial charge in [0, 0.05) is 38.5 Å². The van der Waals surface area contributed by atoms with Crippen LogP contribution in [0.25, 0.3) is 0 Å². The van der Waals surface area contributed by atoms with Crippen LogP contribution < -0.4 is 10.2 Å². The van der Waals surface area contributed by atoms with Crippen molar-refractivity contribution in [2.75, 3.05) is 38.3 Å². The molecule has 0 aromatic carbocycles. The Balaban J connectivity index is 2.78. The molecule has 0 saturated heterocycles. The number of ether oxygens (including phenoxy) is 1. The second-order valence-corrected chi connectivity index (χ2v) is 4.39. The summed E-state index contributed by atoms with van der Waals surface area (Å²) in [5.74, 6) is 1.02. The van der Waals surface area contributed by atoms with Crippen molar-refractivity contribution in [2.45, 2.75) is 19.9 Å². The molecule has 4 heteroatoms. The molecule has 0 saturated carbocycles. The zero-order chi connectivity index (χ0) is 13.9. The van der Waals surface area contributed by atoms with Crippen molar-refractivity contribution in [3.05, 3.63) is 36.5 Å². The Morgan fingerprint density at radius 2 is 2.37 bits per heavy atom. The molecule has 106 valence electrons. The van der Waals surface area contributed by atoms with Gasteiger partial charge in [0.05, 0.1) is 6.61 Å². The molecule has 0 atom stereocenters. The number of rotatable bonds is 10. The fourth-order valence-corrected chi connectivity index (χ4v) is 1.89. The zero-order valence-corrected chi connectivity index (χ0v) is 12.1. The standard InChI is InChI=1S/C15H25N3O/c1-4-8-16-13-14-7-6-9-17-15(14)18(10-5-2)11-12-19-3/h5-7,9,16H,2,4,8,10-13H2,1,3H3. The van der Waals surface area contributed by atoms with Gasteiger partial charge in [0.2, 0.25) is 0 Å². The van der Waals surface area contributed by atoms with Crippen LogP contribution in [-0.2, 0) is 11.3 Å². The predicted octanol–water partition coefficient (Wildman–Crippen LogP) is 2.22. The largest absolute Gasteiger partial charge is 0.383 e. The summed E-state index contributed by atoms with van der Waals surface area (Å²) in [6.07, 6.45) is 4.87. The number of nitrogens with zero attached hydrogens (tertiary/aromatic N) is 2. The molecule has 0 aliphatic rings. The minimum Gasteiger partial charge on any atom is -0.383 e. The van der Waals surface area contributed by atoms with Gasteiger partial charge in [-0.05, 0) is 19.0 Å². The molecule has 0 aliphatic carbocycles. The van der Waals surface area contributed by atoms with Gasteiger partial charge in [0.1, 0.15) is 5.82 Å². The van der Waals surface area contributed by atoms with Crippen LogP contribution in [0.1, 0.15) is 18.9 Å². The van der Waals surface area contributed by atoms with E-state index in [1.807, 2.05) is 18.3 Å². The lowest BCUT2D eigenvalue weighted by molar-refractivity contribution is 0.205. The van der Waals surface area contributed by atoms with Crippen molar-refractivity contribution >= 4 is 5.82 Å². The van der Waals surface area contributed by atoms with E-state index in [4.69, 9.17) is 4.74 Å². The first-order valence-electron chi connectivity index (χ1n) is 6.82. The van der Waals surface area contributed by atoms with Crippen LogP contribution in [-0.4, -0.2) is 38.3 Å². The predicted molar refractivity (Wildman–Crippen MR) is 80.5 cm³/mol. The molecule has 0 fully saturated rings. The normalized spacial score (nSPS) is 10.4. The molecule has 0 radical (unpaired) electrons. The van der Waals surface area contributed by atoms with Crippen molar-refractivity contribution in [1.29, 1.82) is 0 Å². The summed E-state index contributed by atoms with van der Waals surface area (Å²) in [7, 11) is 1.72. The van der Waals surface area contributed by atoms with Crippen LogP contribution >= 0.6 is 0 Å². The molecule has 1 heterocycles. The number of nitrogens with one attached hydrogen (secondary N) is 1. The van der Waals surface area contributed by atoms with Gasteiger partial charge in [0.15, 0.2) is 0 Å². The lowest BCUT2D eigenvalue weighted by atomic mass is 10.2. The van der Waals surface area contributed by atoms with Gasteiger partial charge in [-0.15, -0.1) is 6.58 Å². The lowest BCUT2D eigenvalue weighted by Crippen LogP contribution is -2.30. The molecule has 1 aromatic rings. The van der Waals surface area contributed by atoms with Gasteiger partial charge in [-0.25, -0.2) is 4.98 Å². The first-order valence-corrected chi connectivity index (χ1v) is 6.82. The average molecular weight is 263 g/mol. The molecule has 0 unspecified atom stereocenters. The van der Waals surface area contributed by atoms with Crippen molar-refractivity contribution in [3.63, 3.8) is 0 Å².